The standard InChI is InChI=1S/C24H18N4O6/c25-5-6-28-8-12(18-14(28)2-4-16-22(18)34-10-32-16)20-19(23(29)27-24(20)30)11-7-26-13-1-3-15-21(17(11)13)33-9-31-15/h1-4,7-8,26H,5-6,9-10,25H2,(H,27,29,30). The van der Waals surface area contributed by atoms with Crippen molar-refractivity contribution in [2.24, 2.45) is 5.73 Å². The van der Waals surface area contributed by atoms with Gasteiger partial charge in [-0.1, -0.05) is 0 Å². The van der Waals surface area contributed by atoms with Crippen molar-refractivity contribution in [1.82, 2.24) is 14.9 Å². The summed E-state index contributed by atoms with van der Waals surface area (Å²) in [5, 5.41) is 3.85. The molecule has 3 aliphatic rings. The Labute approximate surface area is 191 Å². The highest BCUT2D eigenvalue weighted by atomic mass is 16.7. The van der Waals surface area contributed by atoms with Gasteiger partial charge in [0.15, 0.2) is 23.0 Å². The molecule has 7 rings (SSSR count). The third-order valence-electron chi connectivity index (χ3n) is 6.40. The zero-order chi connectivity index (χ0) is 23.0. The first-order valence-electron chi connectivity index (χ1n) is 10.8. The highest BCUT2D eigenvalue weighted by Gasteiger charge is 2.37. The van der Waals surface area contributed by atoms with Crippen molar-refractivity contribution in [3.05, 3.63) is 47.8 Å². The number of nitrogens with zero attached hydrogens (tertiary/aromatic N) is 1. The van der Waals surface area contributed by atoms with Crippen LogP contribution < -0.4 is 30.0 Å². The Balaban J connectivity index is 1.56. The van der Waals surface area contributed by atoms with Crippen molar-refractivity contribution in [2.45, 2.75) is 6.54 Å². The average Bonchev–Trinajstić information content (AvgIpc) is 3.63. The van der Waals surface area contributed by atoms with E-state index in [9.17, 15) is 9.59 Å². The zero-order valence-corrected chi connectivity index (χ0v) is 17.8. The van der Waals surface area contributed by atoms with Crippen LogP contribution in [0.25, 0.3) is 33.0 Å². The topological polar surface area (TPSA) is 130 Å². The van der Waals surface area contributed by atoms with Gasteiger partial charge < -0.3 is 34.2 Å². The lowest BCUT2D eigenvalue weighted by Crippen LogP contribution is -2.22. The Morgan fingerprint density at radius 1 is 0.853 bits per heavy atom. The highest BCUT2D eigenvalue weighted by Crippen LogP contribution is 2.48. The minimum absolute atomic E-state index is 0.0823. The molecule has 4 N–H and O–H groups in total. The summed E-state index contributed by atoms with van der Waals surface area (Å²) in [4.78, 5) is 29.5. The number of hydrogen-bond acceptors (Lipinski definition) is 7. The van der Waals surface area contributed by atoms with Crippen LogP contribution >= 0.6 is 0 Å². The maximum absolute atomic E-state index is 13.2. The van der Waals surface area contributed by atoms with E-state index in [1.807, 2.05) is 29.0 Å². The number of imide groups is 1. The van der Waals surface area contributed by atoms with Gasteiger partial charge in [0.05, 0.1) is 33.0 Å². The predicted octanol–water partition coefficient (Wildman–Crippen LogP) is 2.11. The Kier molecular flexibility index (Phi) is 3.80. The number of benzene rings is 2. The molecule has 0 saturated heterocycles. The van der Waals surface area contributed by atoms with Crippen molar-refractivity contribution in [2.75, 3.05) is 20.1 Å². The van der Waals surface area contributed by atoms with Crippen LogP contribution in [0.4, 0.5) is 0 Å². The number of carbonyl (C=O) groups excluding carboxylic acids is 2. The second-order valence-electron chi connectivity index (χ2n) is 8.18. The number of carbonyl (C=O) groups is 2. The number of amides is 2. The van der Waals surface area contributed by atoms with E-state index in [1.54, 1.807) is 12.3 Å². The highest BCUT2D eigenvalue weighted by molar-refractivity contribution is 6.51. The predicted molar refractivity (Wildman–Crippen MR) is 122 cm³/mol. The molecule has 2 aromatic carbocycles. The normalized spacial score (nSPS) is 16.4. The van der Waals surface area contributed by atoms with E-state index in [2.05, 4.69) is 10.3 Å². The van der Waals surface area contributed by atoms with E-state index in [4.69, 9.17) is 24.7 Å². The van der Waals surface area contributed by atoms with E-state index < -0.39 is 11.8 Å². The SMILES string of the molecule is NCCn1cc(C2=C(c3c[nH]c4ccc5c(c34)OCO5)C(=O)NC2=O)c2c3c(ccc21)OCO3. The molecule has 0 atom stereocenters. The minimum Gasteiger partial charge on any atom is -0.454 e. The Bertz CT molecular complexity index is 1590. The van der Waals surface area contributed by atoms with Gasteiger partial charge in [0.25, 0.3) is 11.8 Å². The molecule has 170 valence electrons. The van der Waals surface area contributed by atoms with Gasteiger partial charge in [0.1, 0.15) is 0 Å². The molecule has 0 spiro atoms. The first-order valence-corrected chi connectivity index (χ1v) is 10.8. The lowest BCUT2D eigenvalue weighted by atomic mass is 9.95. The van der Waals surface area contributed by atoms with Crippen LogP contribution in [0.5, 0.6) is 23.0 Å². The number of nitrogens with one attached hydrogen (secondary N) is 2. The minimum atomic E-state index is -0.484. The van der Waals surface area contributed by atoms with E-state index in [1.165, 1.54) is 0 Å². The molecule has 0 aliphatic carbocycles. The first kappa shape index (κ1) is 19.1. The van der Waals surface area contributed by atoms with Crippen molar-refractivity contribution >= 4 is 44.8 Å². The Morgan fingerprint density at radius 2 is 1.53 bits per heavy atom. The van der Waals surface area contributed by atoms with Gasteiger partial charge >= 0.3 is 0 Å². The molecule has 2 amide bonds. The lowest BCUT2D eigenvalue weighted by Gasteiger charge is -2.06. The molecule has 34 heavy (non-hydrogen) atoms. The lowest BCUT2D eigenvalue weighted by molar-refractivity contribution is -0.122. The van der Waals surface area contributed by atoms with E-state index >= 15 is 0 Å². The number of H-pyrrole nitrogens is 1. The van der Waals surface area contributed by atoms with Gasteiger partial charge in [0, 0.05) is 36.6 Å². The molecule has 10 heteroatoms. The summed E-state index contributed by atoms with van der Waals surface area (Å²) < 4.78 is 24.5. The number of ether oxygens (including phenoxy) is 4. The molecule has 0 bridgehead atoms. The average molecular weight is 458 g/mol. The monoisotopic (exact) mass is 458 g/mol. The molecule has 4 aromatic rings. The molecule has 0 unspecified atom stereocenters. The van der Waals surface area contributed by atoms with E-state index in [0.717, 1.165) is 11.0 Å². The van der Waals surface area contributed by atoms with Gasteiger partial charge in [-0.3, -0.25) is 14.9 Å². The number of rotatable bonds is 4. The van der Waals surface area contributed by atoms with Gasteiger partial charge in [-0.15, -0.1) is 0 Å². The molecular formula is C24H18N4O6. The first-order chi connectivity index (χ1) is 16.7. The van der Waals surface area contributed by atoms with Crippen LogP contribution in [0.15, 0.2) is 36.7 Å². The number of aromatic nitrogens is 2. The van der Waals surface area contributed by atoms with Gasteiger partial charge in [0.2, 0.25) is 13.6 Å². The Hall–Kier alpha value is -4.44. The summed E-state index contributed by atoms with van der Waals surface area (Å²) in [5.41, 5.74) is 9.08. The summed E-state index contributed by atoms with van der Waals surface area (Å²) in [6.07, 6.45) is 3.55. The number of nitrogens with two attached hydrogens (primary N) is 1. The third-order valence-corrected chi connectivity index (χ3v) is 6.40. The summed E-state index contributed by atoms with van der Waals surface area (Å²) in [6.45, 7) is 1.10. The fraction of sp³-hybridized carbons (Fsp3) is 0.167. The largest absolute Gasteiger partial charge is 0.454 e. The fourth-order valence-corrected chi connectivity index (χ4v) is 5.01. The second-order valence-corrected chi connectivity index (χ2v) is 8.18. The molecular weight excluding hydrogens is 440 g/mol. The molecule has 10 nitrogen and oxygen atoms in total. The molecule has 0 fully saturated rings. The van der Waals surface area contributed by atoms with Crippen LogP contribution in [-0.2, 0) is 16.1 Å². The maximum Gasteiger partial charge on any atom is 0.259 e. The van der Waals surface area contributed by atoms with Gasteiger partial charge in [-0.25, -0.2) is 0 Å². The van der Waals surface area contributed by atoms with Crippen molar-refractivity contribution in [3.63, 3.8) is 0 Å². The summed E-state index contributed by atoms with van der Waals surface area (Å²) in [5.74, 6) is 1.28. The third kappa shape index (κ3) is 2.42. The molecule has 5 heterocycles. The van der Waals surface area contributed by atoms with Crippen molar-refractivity contribution < 1.29 is 28.5 Å². The van der Waals surface area contributed by atoms with Crippen LogP contribution in [-0.4, -0.2) is 41.5 Å². The van der Waals surface area contributed by atoms with E-state index in [-0.39, 0.29) is 24.7 Å². The molecule has 0 saturated carbocycles. The number of aromatic amines is 1. The van der Waals surface area contributed by atoms with E-state index in [0.29, 0.717) is 58.0 Å². The summed E-state index contributed by atoms with van der Waals surface area (Å²) in [7, 11) is 0. The quantitative estimate of drug-likeness (QED) is 0.399. The van der Waals surface area contributed by atoms with Crippen molar-refractivity contribution in [3.8, 4) is 23.0 Å². The maximum atomic E-state index is 13.2. The molecule has 3 aliphatic heterocycles. The van der Waals surface area contributed by atoms with Gasteiger partial charge in [-0.2, -0.15) is 0 Å². The van der Waals surface area contributed by atoms with Crippen LogP contribution in [0.2, 0.25) is 0 Å². The van der Waals surface area contributed by atoms with Crippen molar-refractivity contribution in [1.29, 1.82) is 0 Å². The number of fused-ring (bicyclic) bond motifs is 6. The van der Waals surface area contributed by atoms with Crippen LogP contribution in [0.3, 0.4) is 0 Å². The van der Waals surface area contributed by atoms with Crippen LogP contribution in [0, 0.1) is 0 Å². The second kappa shape index (κ2) is 6.78. The van der Waals surface area contributed by atoms with Crippen LogP contribution in [0.1, 0.15) is 11.1 Å². The molecule has 2 aromatic heterocycles. The smallest absolute Gasteiger partial charge is 0.259 e. The van der Waals surface area contributed by atoms with Gasteiger partial charge in [-0.05, 0) is 24.3 Å². The number of hydrogen-bond donors (Lipinski definition) is 3. The summed E-state index contributed by atoms with van der Waals surface area (Å²) >= 11 is 0. The zero-order valence-electron chi connectivity index (χ0n) is 17.8. The fourth-order valence-electron chi connectivity index (χ4n) is 5.01. The summed E-state index contributed by atoms with van der Waals surface area (Å²) in [6, 6.07) is 7.39. The Morgan fingerprint density at radius 3 is 2.26 bits per heavy atom. The molecule has 0 radical (unpaired) electrons.